The number of hydrogen-bond donors (Lipinski definition) is 2. The van der Waals surface area contributed by atoms with Crippen molar-refractivity contribution in [3.63, 3.8) is 0 Å². The van der Waals surface area contributed by atoms with Crippen LogP contribution in [0.15, 0.2) is 0 Å². The van der Waals surface area contributed by atoms with Crippen molar-refractivity contribution in [2.24, 2.45) is 5.41 Å². The van der Waals surface area contributed by atoms with Crippen LogP contribution in [0.4, 0.5) is 5.82 Å². The molecular weight excluding hydrogens is 240 g/mol. The summed E-state index contributed by atoms with van der Waals surface area (Å²) >= 11 is 0. The molecule has 0 aromatic carbocycles. The Morgan fingerprint density at radius 2 is 2.00 bits per heavy atom. The smallest absolute Gasteiger partial charge is 0.166 e. The molecular formula is C14H22N4O. The van der Waals surface area contributed by atoms with Crippen LogP contribution in [-0.4, -0.2) is 28.5 Å². The fourth-order valence-electron chi connectivity index (χ4n) is 1.84. The molecule has 0 spiro atoms. The van der Waals surface area contributed by atoms with Crippen LogP contribution >= 0.6 is 0 Å². The summed E-state index contributed by atoms with van der Waals surface area (Å²) < 4.78 is 0. The molecule has 19 heavy (non-hydrogen) atoms. The molecule has 104 valence electrons. The number of nitrogens with zero attached hydrogens (tertiary/aromatic N) is 3. The zero-order valence-corrected chi connectivity index (χ0v) is 12.1. The average Bonchev–Trinajstić information content (AvgIpc) is 2.38. The van der Waals surface area contributed by atoms with E-state index >= 15 is 0 Å². The molecule has 1 aromatic rings. The molecule has 0 bridgehead atoms. The van der Waals surface area contributed by atoms with E-state index in [-0.39, 0.29) is 12.0 Å². The Morgan fingerprint density at radius 3 is 2.58 bits per heavy atom. The molecule has 1 heterocycles. The number of aliphatic hydroxyl groups is 1. The molecule has 5 heteroatoms. The highest BCUT2D eigenvalue weighted by molar-refractivity contribution is 5.55. The van der Waals surface area contributed by atoms with E-state index in [2.05, 4.69) is 35.4 Å². The van der Waals surface area contributed by atoms with Gasteiger partial charge in [-0.3, -0.25) is 0 Å². The minimum atomic E-state index is 0.0376. The van der Waals surface area contributed by atoms with Gasteiger partial charge in [0.05, 0.1) is 5.69 Å². The van der Waals surface area contributed by atoms with Crippen molar-refractivity contribution in [1.82, 2.24) is 10.2 Å². The maximum atomic E-state index is 9.20. The van der Waals surface area contributed by atoms with Crippen molar-refractivity contribution in [2.75, 3.05) is 18.5 Å². The summed E-state index contributed by atoms with van der Waals surface area (Å²) in [5, 5.41) is 29.4. The quantitative estimate of drug-likeness (QED) is 0.821. The van der Waals surface area contributed by atoms with E-state index in [9.17, 15) is 5.26 Å². The van der Waals surface area contributed by atoms with E-state index in [1.54, 1.807) is 0 Å². The van der Waals surface area contributed by atoms with Gasteiger partial charge in [-0.25, -0.2) is 0 Å². The summed E-state index contributed by atoms with van der Waals surface area (Å²) in [6.07, 6.45) is 1.69. The monoisotopic (exact) mass is 262 g/mol. The molecule has 0 saturated carbocycles. The maximum absolute atomic E-state index is 9.20. The van der Waals surface area contributed by atoms with Crippen molar-refractivity contribution in [3.05, 3.63) is 16.8 Å². The van der Waals surface area contributed by atoms with Crippen molar-refractivity contribution >= 4 is 5.82 Å². The van der Waals surface area contributed by atoms with Gasteiger partial charge in [0.25, 0.3) is 0 Å². The highest BCUT2D eigenvalue weighted by Gasteiger charge is 2.19. The molecule has 0 aliphatic heterocycles. The minimum absolute atomic E-state index is 0.0376. The first kappa shape index (κ1) is 15.4. The van der Waals surface area contributed by atoms with Crippen LogP contribution < -0.4 is 5.32 Å². The fraction of sp³-hybridized carbons (Fsp3) is 0.643. The van der Waals surface area contributed by atoms with E-state index in [0.717, 1.165) is 24.1 Å². The van der Waals surface area contributed by atoms with Crippen LogP contribution in [0.25, 0.3) is 0 Å². The van der Waals surface area contributed by atoms with Gasteiger partial charge in [0.15, 0.2) is 5.82 Å². The SMILES string of the molecule is Cc1nnc(NCC(C)(C)CCCO)c(C#N)c1C. The predicted octanol–water partition coefficient (Wildman–Crippen LogP) is 2.18. The lowest BCUT2D eigenvalue weighted by Crippen LogP contribution is -2.24. The summed E-state index contributed by atoms with van der Waals surface area (Å²) in [5.74, 6) is 0.544. The third-order valence-electron chi connectivity index (χ3n) is 3.31. The number of aryl methyl sites for hydroxylation is 1. The van der Waals surface area contributed by atoms with Crippen LogP contribution in [0, 0.1) is 30.6 Å². The van der Waals surface area contributed by atoms with E-state index in [1.165, 1.54) is 0 Å². The molecule has 0 fully saturated rings. The number of rotatable bonds is 6. The number of nitriles is 1. The molecule has 5 nitrogen and oxygen atoms in total. The first-order chi connectivity index (χ1) is 8.91. The number of hydrogen-bond acceptors (Lipinski definition) is 5. The zero-order valence-electron chi connectivity index (χ0n) is 12.1. The zero-order chi connectivity index (χ0) is 14.5. The van der Waals surface area contributed by atoms with Gasteiger partial charge in [-0.2, -0.15) is 10.4 Å². The molecule has 0 amide bonds. The molecule has 0 unspecified atom stereocenters. The van der Waals surface area contributed by atoms with Gasteiger partial charge in [0.2, 0.25) is 0 Å². The highest BCUT2D eigenvalue weighted by Crippen LogP contribution is 2.24. The molecule has 0 saturated heterocycles. The lowest BCUT2D eigenvalue weighted by molar-refractivity contribution is 0.248. The second-order valence-electron chi connectivity index (χ2n) is 5.59. The lowest BCUT2D eigenvalue weighted by atomic mass is 9.88. The Kier molecular flexibility index (Phi) is 5.25. The Labute approximate surface area is 114 Å². The maximum Gasteiger partial charge on any atom is 0.166 e. The second kappa shape index (κ2) is 6.48. The number of aromatic nitrogens is 2. The van der Waals surface area contributed by atoms with E-state index in [0.29, 0.717) is 17.9 Å². The van der Waals surface area contributed by atoms with Gasteiger partial charge in [-0.1, -0.05) is 13.8 Å². The van der Waals surface area contributed by atoms with Crippen LogP contribution in [0.1, 0.15) is 43.5 Å². The van der Waals surface area contributed by atoms with E-state index in [4.69, 9.17) is 5.11 Å². The van der Waals surface area contributed by atoms with Crippen LogP contribution in [0.3, 0.4) is 0 Å². The van der Waals surface area contributed by atoms with Crippen molar-refractivity contribution in [3.8, 4) is 6.07 Å². The Balaban J connectivity index is 2.79. The molecule has 1 rings (SSSR count). The largest absolute Gasteiger partial charge is 0.396 e. The topological polar surface area (TPSA) is 81.8 Å². The predicted molar refractivity (Wildman–Crippen MR) is 74.8 cm³/mol. The van der Waals surface area contributed by atoms with E-state index in [1.807, 2.05) is 13.8 Å². The van der Waals surface area contributed by atoms with Gasteiger partial charge >= 0.3 is 0 Å². The summed E-state index contributed by atoms with van der Waals surface area (Å²) in [7, 11) is 0. The highest BCUT2D eigenvalue weighted by atomic mass is 16.2. The first-order valence-corrected chi connectivity index (χ1v) is 6.50. The van der Waals surface area contributed by atoms with E-state index < -0.39 is 0 Å². The summed E-state index contributed by atoms with van der Waals surface area (Å²) in [6.45, 7) is 8.87. The summed E-state index contributed by atoms with van der Waals surface area (Å²) in [5.41, 5.74) is 2.25. The lowest BCUT2D eigenvalue weighted by Gasteiger charge is -2.25. The van der Waals surface area contributed by atoms with Gasteiger partial charge in [-0.15, -0.1) is 5.10 Å². The number of nitrogens with one attached hydrogen (secondary N) is 1. The second-order valence-corrected chi connectivity index (χ2v) is 5.59. The fourth-order valence-corrected chi connectivity index (χ4v) is 1.84. The molecule has 0 atom stereocenters. The van der Waals surface area contributed by atoms with Crippen molar-refractivity contribution in [2.45, 2.75) is 40.5 Å². The van der Waals surface area contributed by atoms with Gasteiger partial charge in [-0.05, 0) is 37.7 Å². The average molecular weight is 262 g/mol. The summed E-state index contributed by atoms with van der Waals surface area (Å²) in [4.78, 5) is 0. The molecule has 0 aliphatic rings. The third kappa shape index (κ3) is 4.18. The van der Waals surface area contributed by atoms with Gasteiger partial charge in [0.1, 0.15) is 11.6 Å². The van der Waals surface area contributed by atoms with Crippen LogP contribution in [0.5, 0.6) is 0 Å². The minimum Gasteiger partial charge on any atom is -0.396 e. The van der Waals surface area contributed by atoms with Gasteiger partial charge < -0.3 is 10.4 Å². The Hall–Kier alpha value is -1.67. The standard InChI is InChI=1S/C14H22N4O/c1-10-11(2)17-18-13(12(10)8-15)16-9-14(3,4)6-5-7-19/h19H,5-7,9H2,1-4H3,(H,16,18). The molecule has 0 radical (unpaired) electrons. The normalized spacial score (nSPS) is 11.2. The third-order valence-corrected chi connectivity index (χ3v) is 3.31. The van der Waals surface area contributed by atoms with Crippen molar-refractivity contribution in [1.29, 1.82) is 5.26 Å². The first-order valence-electron chi connectivity index (χ1n) is 6.50. The molecule has 0 aliphatic carbocycles. The summed E-state index contributed by atoms with van der Waals surface area (Å²) in [6, 6.07) is 2.18. The number of aliphatic hydroxyl groups excluding tert-OH is 1. The van der Waals surface area contributed by atoms with Crippen LogP contribution in [0.2, 0.25) is 0 Å². The van der Waals surface area contributed by atoms with Crippen LogP contribution in [-0.2, 0) is 0 Å². The van der Waals surface area contributed by atoms with Gasteiger partial charge in [0, 0.05) is 13.2 Å². The van der Waals surface area contributed by atoms with Crippen molar-refractivity contribution < 1.29 is 5.11 Å². The molecule has 2 N–H and O–H groups in total. The molecule has 1 aromatic heterocycles. The Bertz CT molecular complexity index is 477. The Morgan fingerprint density at radius 1 is 1.32 bits per heavy atom. The number of anilines is 1.